The van der Waals surface area contributed by atoms with Crippen molar-refractivity contribution in [3.63, 3.8) is 0 Å². The number of rotatable bonds is 6. The van der Waals surface area contributed by atoms with Crippen molar-refractivity contribution in [1.29, 1.82) is 0 Å². The number of hydrogen-bond donors (Lipinski definition) is 4. The van der Waals surface area contributed by atoms with Gasteiger partial charge in [-0.3, -0.25) is 4.98 Å². The molecule has 1 aromatic carbocycles. The van der Waals surface area contributed by atoms with Gasteiger partial charge in [0.25, 0.3) is 0 Å². The van der Waals surface area contributed by atoms with E-state index in [9.17, 15) is 13.9 Å². The highest BCUT2D eigenvalue weighted by Crippen LogP contribution is 2.39. The molecule has 1 saturated carbocycles. The minimum atomic E-state index is -0.751. The molecule has 5 N–H and O–H groups in total. The molecule has 4 aromatic rings. The lowest BCUT2D eigenvalue weighted by atomic mass is 9.74. The van der Waals surface area contributed by atoms with Crippen LogP contribution in [0.3, 0.4) is 0 Å². The van der Waals surface area contributed by atoms with Crippen molar-refractivity contribution in [3.8, 4) is 11.3 Å². The monoisotopic (exact) mass is 494 g/mol. The highest BCUT2D eigenvalue weighted by molar-refractivity contribution is 5.66. The standard InChI is InChI=1S/C26H28F2N6O2/c1-14-8-16(11-21(29)25(14)36)18-4-6-30-13-23(18)32-26-31-12-17-2-3-22(33-34(17)26)24-19(27)9-15(5-7-35)10-20(24)28/h2-4,6,9-10,12-14,16,21,25,35-36H,5,7-8,11,29H2,1H3,(H,31,32)/t14-,16+,21+,25+/m0/s1. The van der Waals surface area contributed by atoms with Crippen molar-refractivity contribution in [2.45, 2.75) is 44.2 Å². The fourth-order valence-electron chi connectivity index (χ4n) is 5.06. The number of aromatic nitrogens is 4. The number of hydrogen-bond acceptors (Lipinski definition) is 7. The van der Waals surface area contributed by atoms with E-state index >= 15 is 0 Å². The zero-order valence-corrected chi connectivity index (χ0v) is 19.8. The average molecular weight is 495 g/mol. The Kier molecular flexibility index (Phi) is 6.65. The van der Waals surface area contributed by atoms with Gasteiger partial charge in [0.05, 0.1) is 41.0 Å². The molecular formula is C26H28F2N6O2. The largest absolute Gasteiger partial charge is 0.396 e. The molecule has 0 spiro atoms. The minimum absolute atomic E-state index is 0.0600. The molecule has 8 nitrogen and oxygen atoms in total. The van der Waals surface area contributed by atoms with Gasteiger partial charge in [0.15, 0.2) is 0 Å². The predicted octanol–water partition coefficient (Wildman–Crippen LogP) is 3.55. The van der Waals surface area contributed by atoms with E-state index in [2.05, 4.69) is 20.4 Å². The van der Waals surface area contributed by atoms with Gasteiger partial charge in [-0.15, -0.1) is 0 Å². The van der Waals surface area contributed by atoms with Gasteiger partial charge in [0, 0.05) is 18.8 Å². The van der Waals surface area contributed by atoms with Gasteiger partial charge in [-0.1, -0.05) is 6.92 Å². The first-order valence-corrected chi connectivity index (χ1v) is 11.9. The first-order valence-electron chi connectivity index (χ1n) is 11.9. The number of nitrogens with zero attached hydrogens (tertiary/aromatic N) is 4. The molecule has 188 valence electrons. The van der Waals surface area contributed by atoms with Crippen LogP contribution in [0.1, 0.15) is 36.8 Å². The summed E-state index contributed by atoms with van der Waals surface area (Å²) in [5.41, 5.74) is 8.80. The molecule has 3 heterocycles. The molecule has 36 heavy (non-hydrogen) atoms. The number of benzene rings is 1. The molecule has 0 saturated heterocycles. The second-order valence-corrected chi connectivity index (χ2v) is 9.43. The molecule has 0 bridgehead atoms. The number of nitrogens with one attached hydrogen (secondary N) is 1. The van der Waals surface area contributed by atoms with Crippen molar-refractivity contribution in [3.05, 3.63) is 71.7 Å². The van der Waals surface area contributed by atoms with E-state index in [1.807, 2.05) is 13.0 Å². The smallest absolute Gasteiger partial charge is 0.229 e. The predicted molar refractivity (Wildman–Crippen MR) is 132 cm³/mol. The average Bonchev–Trinajstić information content (AvgIpc) is 3.24. The maximum atomic E-state index is 14.8. The summed E-state index contributed by atoms with van der Waals surface area (Å²) in [6.07, 6.45) is 6.07. The number of imidazole rings is 1. The van der Waals surface area contributed by atoms with E-state index in [0.717, 1.165) is 17.7 Å². The lowest BCUT2D eigenvalue weighted by Gasteiger charge is -2.36. The highest BCUT2D eigenvalue weighted by atomic mass is 19.1. The van der Waals surface area contributed by atoms with E-state index in [-0.39, 0.29) is 42.2 Å². The van der Waals surface area contributed by atoms with E-state index in [4.69, 9.17) is 10.8 Å². The van der Waals surface area contributed by atoms with Crippen molar-refractivity contribution in [1.82, 2.24) is 19.6 Å². The number of fused-ring (bicyclic) bond motifs is 1. The molecule has 4 atom stereocenters. The van der Waals surface area contributed by atoms with Crippen LogP contribution in [0.2, 0.25) is 0 Å². The van der Waals surface area contributed by atoms with Gasteiger partial charge in [-0.05, 0) is 72.6 Å². The number of anilines is 2. The summed E-state index contributed by atoms with van der Waals surface area (Å²) in [4.78, 5) is 8.67. The summed E-state index contributed by atoms with van der Waals surface area (Å²) in [5, 5.41) is 27.1. The second kappa shape index (κ2) is 9.88. The maximum absolute atomic E-state index is 14.8. The molecule has 1 aliphatic carbocycles. The van der Waals surface area contributed by atoms with E-state index < -0.39 is 17.7 Å². The Morgan fingerprint density at radius 2 is 1.92 bits per heavy atom. The summed E-state index contributed by atoms with van der Waals surface area (Å²) in [6.45, 7) is 1.79. The topological polar surface area (TPSA) is 122 Å². The van der Waals surface area contributed by atoms with Crippen molar-refractivity contribution in [2.75, 3.05) is 11.9 Å². The number of pyridine rings is 1. The van der Waals surface area contributed by atoms with Gasteiger partial charge in [0.1, 0.15) is 11.6 Å². The molecular weight excluding hydrogens is 466 g/mol. The Bertz CT molecular complexity index is 1360. The van der Waals surface area contributed by atoms with Crippen LogP contribution in [0.15, 0.2) is 48.9 Å². The first-order chi connectivity index (χ1) is 17.4. The van der Waals surface area contributed by atoms with Crippen LogP contribution >= 0.6 is 0 Å². The van der Waals surface area contributed by atoms with E-state index in [1.54, 1.807) is 30.7 Å². The Hall–Kier alpha value is -3.47. The SMILES string of the molecule is C[C@H]1C[C@@H](c2ccncc2Nc2ncc3ccc(-c4c(F)cc(CCO)cc4F)nn23)C[C@@H](N)[C@@H]1O. The molecule has 0 radical (unpaired) electrons. The fraction of sp³-hybridized carbons (Fsp3) is 0.346. The van der Waals surface area contributed by atoms with Gasteiger partial charge in [-0.25, -0.2) is 13.8 Å². The summed E-state index contributed by atoms with van der Waals surface area (Å²) < 4.78 is 31.1. The van der Waals surface area contributed by atoms with Crippen LogP contribution in [0, 0.1) is 17.6 Å². The number of nitrogens with two attached hydrogens (primary N) is 1. The summed E-state index contributed by atoms with van der Waals surface area (Å²) in [5.74, 6) is -0.949. The minimum Gasteiger partial charge on any atom is -0.396 e. The molecule has 1 aliphatic rings. The molecule has 5 rings (SSSR count). The Morgan fingerprint density at radius 3 is 2.64 bits per heavy atom. The molecule has 0 amide bonds. The third-order valence-electron chi connectivity index (χ3n) is 6.92. The Morgan fingerprint density at radius 1 is 1.14 bits per heavy atom. The van der Waals surface area contributed by atoms with Crippen molar-refractivity contribution >= 4 is 17.2 Å². The number of aliphatic hydroxyl groups is 2. The number of halogens is 2. The zero-order valence-electron chi connectivity index (χ0n) is 19.8. The lowest BCUT2D eigenvalue weighted by molar-refractivity contribution is 0.0521. The third-order valence-corrected chi connectivity index (χ3v) is 6.92. The van der Waals surface area contributed by atoms with Crippen molar-refractivity contribution < 1.29 is 19.0 Å². The summed E-state index contributed by atoms with van der Waals surface area (Å²) in [7, 11) is 0. The fourth-order valence-corrected chi connectivity index (χ4v) is 5.06. The first kappa shape index (κ1) is 24.2. The van der Waals surface area contributed by atoms with Crippen LogP contribution in [0.5, 0.6) is 0 Å². The lowest BCUT2D eigenvalue weighted by Crippen LogP contribution is -2.44. The van der Waals surface area contributed by atoms with Crippen LogP contribution in [0.4, 0.5) is 20.4 Å². The summed E-state index contributed by atoms with van der Waals surface area (Å²) >= 11 is 0. The molecule has 0 aliphatic heterocycles. The Balaban J connectivity index is 1.49. The van der Waals surface area contributed by atoms with Crippen LogP contribution in [-0.4, -0.2) is 48.5 Å². The van der Waals surface area contributed by atoms with Crippen molar-refractivity contribution in [2.24, 2.45) is 11.7 Å². The number of aliphatic hydroxyl groups excluding tert-OH is 2. The van der Waals surface area contributed by atoms with E-state index in [1.165, 1.54) is 16.6 Å². The molecule has 1 fully saturated rings. The van der Waals surface area contributed by atoms with E-state index in [0.29, 0.717) is 23.4 Å². The normalized spacial score (nSPS) is 22.2. The quantitative estimate of drug-likeness (QED) is 0.323. The van der Waals surface area contributed by atoms with Crippen LogP contribution in [-0.2, 0) is 6.42 Å². The zero-order chi connectivity index (χ0) is 25.4. The maximum Gasteiger partial charge on any atom is 0.229 e. The molecule has 3 aromatic heterocycles. The van der Waals surface area contributed by atoms with Crippen LogP contribution < -0.4 is 11.1 Å². The molecule has 10 heteroatoms. The van der Waals surface area contributed by atoms with Crippen LogP contribution in [0.25, 0.3) is 16.8 Å². The summed E-state index contributed by atoms with van der Waals surface area (Å²) in [6, 6.07) is 7.26. The van der Waals surface area contributed by atoms with Gasteiger partial charge in [-0.2, -0.15) is 9.61 Å². The highest BCUT2D eigenvalue weighted by Gasteiger charge is 2.34. The Labute approximate surface area is 206 Å². The second-order valence-electron chi connectivity index (χ2n) is 9.43. The van der Waals surface area contributed by atoms with Gasteiger partial charge < -0.3 is 21.3 Å². The van der Waals surface area contributed by atoms with Gasteiger partial charge in [0.2, 0.25) is 5.95 Å². The van der Waals surface area contributed by atoms with Gasteiger partial charge >= 0.3 is 0 Å². The third kappa shape index (κ3) is 4.55. The molecule has 0 unspecified atom stereocenters.